The Balaban J connectivity index is 0.000000687. The zero-order valence-electron chi connectivity index (χ0n) is 16.8. The average molecular weight is 406 g/mol. The highest BCUT2D eigenvalue weighted by Crippen LogP contribution is 2.33. The minimum Gasteiger partial charge on any atom is -0.483 e. The van der Waals surface area contributed by atoms with Gasteiger partial charge in [-0.2, -0.15) is 5.10 Å². The van der Waals surface area contributed by atoms with Crippen LogP contribution in [-0.4, -0.2) is 69.2 Å². The fourth-order valence-corrected chi connectivity index (χ4v) is 4.79. The van der Waals surface area contributed by atoms with Crippen molar-refractivity contribution in [3.8, 4) is 0 Å². The molecule has 0 radical (unpaired) electrons. The largest absolute Gasteiger partial charge is 0.483 e. The minimum absolute atomic E-state index is 0.0739. The van der Waals surface area contributed by atoms with Crippen molar-refractivity contribution in [1.29, 1.82) is 0 Å². The second-order valence-electron chi connectivity index (χ2n) is 7.71. The highest BCUT2D eigenvalue weighted by Gasteiger charge is 2.44. The maximum atomic E-state index is 13.2. The molecule has 7 heteroatoms. The zero-order valence-corrected chi connectivity index (χ0v) is 16.8. The van der Waals surface area contributed by atoms with Crippen molar-refractivity contribution in [3.05, 3.63) is 65.9 Å². The molecule has 0 unspecified atom stereocenters. The van der Waals surface area contributed by atoms with Crippen LogP contribution in [0, 0.1) is 0 Å². The van der Waals surface area contributed by atoms with Crippen LogP contribution in [0.25, 0.3) is 10.9 Å². The van der Waals surface area contributed by atoms with Gasteiger partial charge in [-0.1, -0.05) is 48.5 Å². The number of nitrogens with zero attached hydrogens (tertiary/aromatic N) is 3. The Bertz CT molecular complexity index is 1000. The monoisotopic (exact) mass is 406 g/mol. The van der Waals surface area contributed by atoms with E-state index in [1.807, 2.05) is 24.3 Å². The van der Waals surface area contributed by atoms with Crippen LogP contribution < -0.4 is 0 Å². The SMILES string of the molecule is O=C(c1n[nH]c2ccccc12)N1CC[C@H]2[C@@H]1CCN2CCc1ccccc1.O=CO. The Morgan fingerprint density at radius 1 is 1.07 bits per heavy atom. The predicted octanol–water partition coefficient (Wildman–Crippen LogP) is 2.80. The van der Waals surface area contributed by atoms with E-state index in [-0.39, 0.29) is 12.4 Å². The maximum absolute atomic E-state index is 13.2. The van der Waals surface area contributed by atoms with E-state index in [0.717, 1.165) is 49.8 Å². The lowest BCUT2D eigenvalue weighted by molar-refractivity contribution is -0.122. The molecular formula is C23H26N4O3. The van der Waals surface area contributed by atoms with Crippen LogP contribution in [0.1, 0.15) is 28.9 Å². The van der Waals surface area contributed by atoms with Crippen molar-refractivity contribution in [3.63, 3.8) is 0 Å². The Labute approximate surface area is 175 Å². The number of carbonyl (C=O) groups is 2. The van der Waals surface area contributed by atoms with Crippen molar-refractivity contribution in [2.24, 2.45) is 0 Å². The number of para-hydroxylation sites is 1. The molecule has 5 rings (SSSR count). The van der Waals surface area contributed by atoms with Crippen molar-refractivity contribution in [1.82, 2.24) is 20.0 Å². The number of aromatic amines is 1. The molecule has 7 nitrogen and oxygen atoms in total. The van der Waals surface area contributed by atoms with Crippen LogP contribution in [0.15, 0.2) is 54.6 Å². The molecule has 2 fully saturated rings. The van der Waals surface area contributed by atoms with Gasteiger partial charge in [0.05, 0.1) is 5.52 Å². The Hall–Kier alpha value is -3.19. The molecule has 2 atom stereocenters. The van der Waals surface area contributed by atoms with Gasteiger partial charge in [0.2, 0.25) is 0 Å². The summed E-state index contributed by atoms with van der Waals surface area (Å²) in [7, 11) is 0. The summed E-state index contributed by atoms with van der Waals surface area (Å²) in [5.41, 5.74) is 2.87. The first-order valence-electron chi connectivity index (χ1n) is 10.3. The number of amides is 1. The highest BCUT2D eigenvalue weighted by molar-refractivity contribution is 6.04. The lowest BCUT2D eigenvalue weighted by Crippen LogP contribution is -2.40. The van der Waals surface area contributed by atoms with E-state index in [0.29, 0.717) is 17.8 Å². The van der Waals surface area contributed by atoms with Gasteiger partial charge in [-0.15, -0.1) is 0 Å². The summed E-state index contributed by atoms with van der Waals surface area (Å²) in [5, 5.41) is 15.1. The minimum atomic E-state index is -0.250. The number of carbonyl (C=O) groups excluding carboxylic acids is 1. The Morgan fingerprint density at radius 3 is 2.57 bits per heavy atom. The molecule has 1 amide bonds. The number of nitrogens with one attached hydrogen (secondary N) is 1. The van der Waals surface area contributed by atoms with Crippen LogP contribution in [0.2, 0.25) is 0 Å². The molecule has 2 saturated heterocycles. The molecule has 0 spiro atoms. The molecule has 2 N–H and O–H groups in total. The summed E-state index contributed by atoms with van der Waals surface area (Å²) in [6.45, 7) is 2.73. The lowest BCUT2D eigenvalue weighted by atomic mass is 10.1. The van der Waals surface area contributed by atoms with Gasteiger partial charge in [-0.25, -0.2) is 0 Å². The normalized spacial score (nSPS) is 20.6. The molecule has 1 aromatic heterocycles. The Kier molecular flexibility index (Phi) is 6.09. The number of carboxylic acid groups (broad SMARTS) is 1. The van der Waals surface area contributed by atoms with Crippen molar-refractivity contribution < 1.29 is 14.7 Å². The van der Waals surface area contributed by atoms with Gasteiger partial charge in [-0.3, -0.25) is 19.6 Å². The van der Waals surface area contributed by atoms with Crippen LogP contribution >= 0.6 is 0 Å². The second-order valence-corrected chi connectivity index (χ2v) is 7.71. The number of rotatable bonds is 4. The first kappa shape index (κ1) is 20.1. The number of hydrogen-bond donors (Lipinski definition) is 2. The van der Waals surface area contributed by atoms with E-state index in [2.05, 4.69) is 50.3 Å². The lowest BCUT2D eigenvalue weighted by Gasteiger charge is -2.25. The standard InChI is InChI=1S/C22H24N4O.CH2O2/c27-22(21-17-8-4-5-9-18(17)23-24-21)26-15-12-19-20(26)11-14-25(19)13-10-16-6-2-1-3-7-16;2-1-3/h1-9,19-20H,10-15H2,(H,23,24);1H,(H,2,3)/t19-,20-;/m0./s1. The topological polar surface area (TPSA) is 89.5 Å². The average Bonchev–Trinajstić information content (AvgIpc) is 3.48. The third kappa shape index (κ3) is 3.93. The van der Waals surface area contributed by atoms with E-state index in [1.165, 1.54) is 5.56 Å². The number of H-pyrrole nitrogens is 1. The van der Waals surface area contributed by atoms with Crippen molar-refractivity contribution in [2.75, 3.05) is 19.6 Å². The number of likely N-dealkylation sites (tertiary alicyclic amines) is 2. The number of benzene rings is 2. The van der Waals surface area contributed by atoms with Crippen LogP contribution in [-0.2, 0) is 11.2 Å². The fourth-order valence-electron chi connectivity index (χ4n) is 4.79. The molecule has 2 aromatic carbocycles. The third-order valence-corrected chi connectivity index (χ3v) is 6.16. The quantitative estimate of drug-likeness (QED) is 0.651. The zero-order chi connectivity index (χ0) is 20.9. The van der Waals surface area contributed by atoms with Crippen LogP contribution in [0.4, 0.5) is 0 Å². The fraction of sp³-hybridized carbons (Fsp3) is 0.348. The Morgan fingerprint density at radius 2 is 1.77 bits per heavy atom. The van der Waals surface area contributed by atoms with Crippen LogP contribution in [0.5, 0.6) is 0 Å². The van der Waals surface area contributed by atoms with E-state index in [9.17, 15) is 4.79 Å². The third-order valence-electron chi connectivity index (χ3n) is 6.16. The molecular weight excluding hydrogens is 380 g/mol. The molecule has 2 aliphatic heterocycles. The van der Waals surface area contributed by atoms with E-state index < -0.39 is 0 Å². The highest BCUT2D eigenvalue weighted by atomic mass is 16.3. The maximum Gasteiger partial charge on any atom is 0.290 e. The van der Waals surface area contributed by atoms with E-state index in [4.69, 9.17) is 9.90 Å². The predicted molar refractivity (Wildman–Crippen MR) is 114 cm³/mol. The summed E-state index contributed by atoms with van der Waals surface area (Å²) in [6, 6.07) is 19.3. The van der Waals surface area contributed by atoms with E-state index >= 15 is 0 Å². The molecule has 3 heterocycles. The smallest absolute Gasteiger partial charge is 0.290 e. The van der Waals surface area contributed by atoms with Gasteiger partial charge < -0.3 is 10.0 Å². The molecule has 0 saturated carbocycles. The van der Waals surface area contributed by atoms with Gasteiger partial charge in [0.25, 0.3) is 12.4 Å². The van der Waals surface area contributed by atoms with Crippen molar-refractivity contribution >= 4 is 23.3 Å². The van der Waals surface area contributed by atoms with Gasteiger partial charge in [-0.05, 0) is 30.9 Å². The van der Waals surface area contributed by atoms with Gasteiger partial charge in [0.1, 0.15) is 0 Å². The van der Waals surface area contributed by atoms with Crippen molar-refractivity contribution in [2.45, 2.75) is 31.3 Å². The van der Waals surface area contributed by atoms with Gasteiger partial charge in [0.15, 0.2) is 5.69 Å². The summed E-state index contributed by atoms with van der Waals surface area (Å²) in [4.78, 5) is 26.2. The second kappa shape index (κ2) is 9.09. The first-order valence-corrected chi connectivity index (χ1v) is 10.3. The molecule has 156 valence electrons. The summed E-state index contributed by atoms with van der Waals surface area (Å²) >= 11 is 0. The van der Waals surface area contributed by atoms with Crippen LogP contribution in [0.3, 0.4) is 0 Å². The van der Waals surface area contributed by atoms with E-state index in [1.54, 1.807) is 0 Å². The summed E-state index contributed by atoms with van der Waals surface area (Å²) in [5.74, 6) is 0.0739. The van der Waals surface area contributed by atoms with Gasteiger partial charge >= 0.3 is 0 Å². The first-order chi connectivity index (χ1) is 14.7. The molecule has 30 heavy (non-hydrogen) atoms. The summed E-state index contributed by atoms with van der Waals surface area (Å²) < 4.78 is 0. The number of aromatic nitrogens is 2. The summed E-state index contributed by atoms with van der Waals surface area (Å²) in [6.07, 6.45) is 3.20. The number of hydrogen-bond acceptors (Lipinski definition) is 4. The molecule has 3 aromatic rings. The molecule has 0 bridgehead atoms. The molecule has 0 aliphatic carbocycles. The number of fused-ring (bicyclic) bond motifs is 2. The van der Waals surface area contributed by atoms with Gasteiger partial charge in [0, 0.05) is 37.1 Å². The molecule has 2 aliphatic rings.